The van der Waals surface area contributed by atoms with Crippen LogP contribution in [0, 0.1) is 6.92 Å². The van der Waals surface area contributed by atoms with Gasteiger partial charge in [-0.05, 0) is 49.1 Å². The number of amides is 1. The minimum absolute atomic E-state index is 0.132. The van der Waals surface area contributed by atoms with Gasteiger partial charge in [-0.2, -0.15) is 0 Å². The second-order valence-electron chi connectivity index (χ2n) is 5.78. The largest absolute Gasteiger partial charge is 0.493 e. The molecule has 0 radical (unpaired) electrons. The van der Waals surface area contributed by atoms with Gasteiger partial charge in [-0.25, -0.2) is 0 Å². The van der Waals surface area contributed by atoms with Gasteiger partial charge in [0.25, 0.3) is 5.91 Å². The number of ether oxygens (including phenoxy) is 2. The van der Waals surface area contributed by atoms with Crippen molar-refractivity contribution in [3.8, 4) is 11.5 Å². The summed E-state index contributed by atoms with van der Waals surface area (Å²) in [5.74, 6) is 1.11. The van der Waals surface area contributed by atoms with Crippen LogP contribution < -0.4 is 14.8 Å². The second-order valence-corrected chi connectivity index (χ2v) is 5.78. The zero-order chi connectivity index (χ0) is 17.5. The summed E-state index contributed by atoms with van der Waals surface area (Å²) in [6, 6.07) is 11.4. The van der Waals surface area contributed by atoms with E-state index in [0.717, 1.165) is 18.4 Å². The van der Waals surface area contributed by atoms with Crippen LogP contribution in [0.5, 0.6) is 11.5 Å². The molecule has 1 N–H and O–H groups in total. The molecule has 0 saturated heterocycles. The lowest BCUT2D eigenvalue weighted by Gasteiger charge is -2.14. The molecule has 0 bridgehead atoms. The van der Waals surface area contributed by atoms with Gasteiger partial charge in [0.05, 0.1) is 14.2 Å². The molecule has 1 amide bonds. The number of anilines is 1. The summed E-state index contributed by atoms with van der Waals surface area (Å²) in [5, 5.41) is 2.94. The Morgan fingerprint density at radius 2 is 1.67 bits per heavy atom. The Balaban J connectivity index is 2.14. The Morgan fingerprint density at radius 3 is 2.25 bits per heavy atom. The predicted molar refractivity (Wildman–Crippen MR) is 97.3 cm³/mol. The highest BCUT2D eigenvalue weighted by molar-refractivity contribution is 6.04. The summed E-state index contributed by atoms with van der Waals surface area (Å²) >= 11 is 0. The van der Waals surface area contributed by atoms with Crippen molar-refractivity contribution in [3.05, 3.63) is 53.1 Å². The van der Waals surface area contributed by atoms with E-state index >= 15 is 0 Å². The van der Waals surface area contributed by atoms with Gasteiger partial charge in [0.1, 0.15) is 0 Å². The summed E-state index contributed by atoms with van der Waals surface area (Å²) in [4.78, 5) is 12.5. The predicted octanol–water partition coefficient (Wildman–Crippen LogP) is 4.61. The monoisotopic (exact) mass is 327 g/mol. The summed E-state index contributed by atoms with van der Waals surface area (Å²) in [6.07, 6.45) is 3.38. The molecule has 0 atom stereocenters. The van der Waals surface area contributed by atoms with Crippen LogP contribution in [-0.2, 0) is 6.42 Å². The van der Waals surface area contributed by atoms with E-state index in [4.69, 9.17) is 9.47 Å². The van der Waals surface area contributed by atoms with Crippen LogP contribution in [0.3, 0.4) is 0 Å². The number of hydrogen-bond donors (Lipinski definition) is 1. The van der Waals surface area contributed by atoms with Gasteiger partial charge in [0.15, 0.2) is 11.5 Å². The number of nitrogens with one attached hydrogen (secondary N) is 1. The first-order valence-electron chi connectivity index (χ1n) is 8.22. The first kappa shape index (κ1) is 17.9. The van der Waals surface area contributed by atoms with Crippen LogP contribution in [-0.4, -0.2) is 20.1 Å². The van der Waals surface area contributed by atoms with Crippen LogP contribution in [0.2, 0.25) is 0 Å². The van der Waals surface area contributed by atoms with E-state index < -0.39 is 0 Å². The van der Waals surface area contributed by atoms with Gasteiger partial charge in [-0.15, -0.1) is 0 Å². The van der Waals surface area contributed by atoms with Crippen LogP contribution in [0.4, 0.5) is 5.69 Å². The van der Waals surface area contributed by atoms with E-state index in [1.54, 1.807) is 20.3 Å². The van der Waals surface area contributed by atoms with Gasteiger partial charge >= 0.3 is 0 Å². The number of carbonyl (C=O) groups excluding carboxylic acids is 1. The van der Waals surface area contributed by atoms with Gasteiger partial charge < -0.3 is 14.8 Å². The quantitative estimate of drug-likeness (QED) is 0.808. The Bertz CT molecular complexity index is 693. The van der Waals surface area contributed by atoms with Crippen molar-refractivity contribution >= 4 is 11.6 Å². The lowest BCUT2D eigenvalue weighted by atomic mass is 10.1. The van der Waals surface area contributed by atoms with Gasteiger partial charge in [0, 0.05) is 17.3 Å². The molecule has 0 aliphatic carbocycles. The fourth-order valence-electron chi connectivity index (χ4n) is 2.51. The van der Waals surface area contributed by atoms with E-state index in [1.165, 1.54) is 12.0 Å². The molecule has 0 fully saturated rings. The zero-order valence-electron chi connectivity index (χ0n) is 14.8. The molecule has 0 unspecified atom stereocenters. The third-order valence-corrected chi connectivity index (χ3v) is 4.01. The van der Waals surface area contributed by atoms with E-state index in [0.29, 0.717) is 22.7 Å². The highest BCUT2D eigenvalue weighted by atomic mass is 16.5. The van der Waals surface area contributed by atoms with Gasteiger partial charge in [-0.3, -0.25) is 4.79 Å². The van der Waals surface area contributed by atoms with E-state index in [1.807, 2.05) is 37.3 Å². The third-order valence-electron chi connectivity index (χ3n) is 4.01. The third kappa shape index (κ3) is 4.28. The molecule has 0 aromatic heterocycles. The number of methoxy groups -OCH3 is 2. The number of hydrogen-bond acceptors (Lipinski definition) is 3. The van der Waals surface area contributed by atoms with Crippen molar-refractivity contribution in [1.29, 1.82) is 0 Å². The number of carbonyl (C=O) groups is 1. The number of rotatable bonds is 7. The molecule has 0 saturated carbocycles. The van der Waals surface area contributed by atoms with Gasteiger partial charge in [-0.1, -0.05) is 25.5 Å². The molecule has 4 nitrogen and oxygen atoms in total. The van der Waals surface area contributed by atoms with Crippen molar-refractivity contribution in [2.75, 3.05) is 19.5 Å². The maximum absolute atomic E-state index is 12.5. The highest BCUT2D eigenvalue weighted by Gasteiger charge is 2.12. The molecule has 2 aromatic rings. The van der Waals surface area contributed by atoms with E-state index in [-0.39, 0.29) is 5.91 Å². The van der Waals surface area contributed by atoms with Crippen LogP contribution in [0.15, 0.2) is 36.4 Å². The summed E-state index contributed by atoms with van der Waals surface area (Å²) in [5.41, 5.74) is 3.54. The Labute approximate surface area is 143 Å². The van der Waals surface area contributed by atoms with Crippen LogP contribution in [0.1, 0.15) is 41.3 Å². The molecule has 0 aliphatic rings. The minimum Gasteiger partial charge on any atom is -0.493 e. The molecule has 2 aromatic carbocycles. The normalized spacial score (nSPS) is 10.3. The highest BCUT2D eigenvalue weighted by Crippen LogP contribution is 2.33. The van der Waals surface area contributed by atoms with Gasteiger partial charge in [0.2, 0.25) is 0 Å². The molecule has 4 heteroatoms. The molecule has 0 heterocycles. The second kappa shape index (κ2) is 8.39. The average Bonchev–Trinajstić information content (AvgIpc) is 2.61. The number of aryl methyl sites for hydroxylation is 2. The Hall–Kier alpha value is -2.49. The maximum Gasteiger partial charge on any atom is 0.255 e. The molecule has 2 rings (SSSR count). The van der Waals surface area contributed by atoms with Crippen LogP contribution in [0.25, 0.3) is 0 Å². The van der Waals surface area contributed by atoms with Crippen molar-refractivity contribution in [2.45, 2.75) is 33.1 Å². The SMILES string of the molecule is CCCCc1ccc(C(=O)Nc2cc(OC)c(OC)cc2C)cc1. The first-order chi connectivity index (χ1) is 11.6. The minimum atomic E-state index is -0.132. The average molecular weight is 327 g/mol. The first-order valence-corrected chi connectivity index (χ1v) is 8.22. The zero-order valence-corrected chi connectivity index (χ0v) is 14.8. The molecule has 24 heavy (non-hydrogen) atoms. The van der Waals surface area contributed by atoms with Crippen molar-refractivity contribution < 1.29 is 14.3 Å². The van der Waals surface area contributed by atoms with E-state index in [9.17, 15) is 4.79 Å². The molecular formula is C20H25NO3. The smallest absolute Gasteiger partial charge is 0.255 e. The van der Waals surface area contributed by atoms with E-state index in [2.05, 4.69) is 12.2 Å². The lowest BCUT2D eigenvalue weighted by molar-refractivity contribution is 0.102. The Morgan fingerprint density at radius 1 is 1.04 bits per heavy atom. The van der Waals surface area contributed by atoms with Crippen LogP contribution >= 0.6 is 0 Å². The summed E-state index contributed by atoms with van der Waals surface area (Å²) < 4.78 is 10.6. The van der Waals surface area contributed by atoms with Crippen molar-refractivity contribution in [1.82, 2.24) is 0 Å². The number of benzene rings is 2. The maximum atomic E-state index is 12.5. The standard InChI is InChI=1S/C20H25NO3/c1-5-6-7-15-8-10-16(11-9-15)20(22)21-17-13-19(24-4)18(23-3)12-14(17)2/h8-13H,5-7H2,1-4H3,(H,21,22). The molecular weight excluding hydrogens is 302 g/mol. The Kier molecular flexibility index (Phi) is 6.24. The fourth-order valence-corrected chi connectivity index (χ4v) is 2.51. The van der Waals surface area contributed by atoms with Crippen molar-refractivity contribution in [3.63, 3.8) is 0 Å². The molecule has 128 valence electrons. The lowest BCUT2D eigenvalue weighted by Crippen LogP contribution is -2.13. The fraction of sp³-hybridized carbons (Fsp3) is 0.350. The van der Waals surface area contributed by atoms with Crippen molar-refractivity contribution in [2.24, 2.45) is 0 Å². The number of unbranched alkanes of at least 4 members (excludes halogenated alkanes) is 1. The topological polar surface area (TPSA) is 47.6 Å². The summed E-state index contributed by atoms with van der Waals surface area (Å²) in [6.45, 7) is 4.10. The molecule has 0 aliphatic heterocycles. The summed E-state index contributed by atoms with van der Waals surface area (Å²) in [7, 11) is 3.17. The molecule has 0 spiro atoms.